The van der Waals surface area contributed by atoms with Gasteiger partial charge >= 0.3 is 0 Å². The molecule has 1 aromatic heterocycles. The molecular weight excluding hydrogens is 296 g/mol. The van der Waals surface area contributed by atoms with Crippen LogP contribution >= 0.6 is 27.3 Å². The molecule has 0 saturated heterocycles. The summed E-state index contributed by atoms with van der Waals surface area (Å²) in [4.78, 5) is 0. The van der Waals surface area contributed by atoms with Crippen LogP contribution in [0.25, 0.3) is 0 Å². The quantitative estimate of drug-likeness (QED) is 0.878. The highest BCUT2D eigenvalue weighted by atomic mass is 79.9. The largest absolute Gasteiger partial charge is 0.388 e. The molecule has 1 N–H and O–H groups in total. The summed E-state index contributed by atoms with van der Waals surface area (Å²) in [7, 11) is 0. The Kier molecular flexibility index (Phi) is 3.07. The van der Waals surface area contributed by atoms with Gasteiger partial charge < -0.3 is 5.11 Å². The number of aryl methyl sites for hydroxylation is 1. The molecule has 1 aromatic carbocycles. The number of halogens is 1. The topological polar surface area (TPSA) is 20.2 Å². The van der Waals surface area contributed by atoms with Gasteiger partial charge in [-0.2, -0.15) is 11.3 Å². The minimum Gasteiger partial charge on any atom is -0.388 e. The molecule has 17 heavy (non-hydrogen) atoms. The van der Waals surface area contributed by atoms with Crippen LogP contribution in [0.15, 0.2) is 39.5 Å². The van der Waals surface area contributed by atoms with Crippen LogP contribution in [0.3, 0.4) is 0 Å². The van der Waals surface area contributed by atoms with Crippen LogP contribution in [-0.4, -0.2) is 5.11 Å². The summed E-state index contributed by atoms with van der Waals surface area (Å²) in [6.45, 7) is 0. The van der Waals surface area contributed by atoms with Crippen molar-refractivity contribution in [1.82, 2.24) is 0 Å². The van der Waals surface area contributed by atoms with Gasteiger partial charge in [0.15, 0.2) is 0 Å². The summed E-state index contributed by atoms with van der Waals surface area (Å²) in [5, 5.41) is 14.6. The second kappa shape index (κ2) is 4.56. The van der Waals surface area contributed by atoms with Gasteiger partial charge in [-0.05, 0) is 45.3 Å². The number of rotatable bonds is 2. The molecule has 2 atom stereocenters. The molecule has 0 amide bonds. The first kappa shape index (κ1) is 11.5. The first-order valence-corrected chi connectivity index (χ1v) is 7.48. The van der Waals surface area contributed by atoms with Crippen LogP contribution in [0.1, 0.15) is 35.1 Å². The molecule has 88 valence electrons. The van der Waals surface area contributed by atoms with Crippen molar-refractivity contribution in [1.29, 1.82) is 0 Å². The summed E-state index contributed by atoms with van der Waals surface area (Å²) in [6, 6.07) is 8.46. The van der Waals surface area contributed by atoms with E-state index in [9.17, 15) is 5.11 Å². The summed E-state index contributed by atoms with van der Waals surface area (Å²) >= 11 is 5.13. The number of aliphatic hydroxyl groups excluding tert-OH is 1. The fraction of sp³-hybridized carbons (Fsp3) is 0.286. The number of hydrogen-bond donors (Lipinski definition) is 1. The summed E-state index contributed by atoms with van der Waals surface area (Å²) < 4.78 is 1.03. The molecule has 3 heteroatoms. The van der Waals surface area contributed by atoms with Gasteiger partial charge in [0, 0.05) is 21.3 Å². The second-order valence-electron chi connectivity index (χ2n) is 4.46. The Morgan fingerprint density at radius 2 is 2.12 bits per heavy atom. The van der Waals surface area contributed by atoms with Crippen molar-refractivity contribution in [3.63, 3.8) is 0 Å². The van der Waals surface area contributed by atoms with E-state index in [1.54, 1.807) is 11.3 Å². The average Bonchev–Trinajstić information content (AvgIpc) is 2.94. The number of thiophene rings is 1. The minimum atomic E-state index is -0.390. The van der Waals surface area contributed by atoms with Crippen molar-refractivity contribution < 1.29 is 5.11 Å². The molecule has 2 unspecified atom stereocenters. The molecule has 0 aliphatic heterocycles. The van der Waals surface area contributed by atoms with Gasteiger partial charge in [0.2, 0.25) is 0 Å². The fourth-order valence-corrected chi connectivity index (χ4v) is 4.20. The van der Waals surface area contributed by atoms with Crippen LogP contribution in [0, 0.1) is 0 Å². The van der Waals surface area contributed by atoms with Crippen LogP contribution in [0.2, 0.25) is 0 Å². The lowest BCUT2D eigenvalue weighted by molar-refractivity contribution is 0.144. The highest BCUT2D eigenvalue weighted by molar-refractivity contribution is 9.10. The smallest absolute Gasteiger partial charge is 0.0877 e. The predicted octanol–water partition coefficient (Wildman–Crippen LogP) is 4.27. The lowest BCUT2D eigenvalue weighted by atomic mass is 9.92. The minimum absolute atomic E-state index is 0.247. The number of aliphatic hydroxyl groups is 1. The molecular formula is C14H13BrOS. The Morgan fingerprint density at radius 1 is 1.29 bits per heavy atom. The van der Waals surface area contributed by atoms with Crippen molar-refractivity contribution >= 4 is 27.3 Å². The summed E-state index contributed by atoms with van der Waals surface area (Å²) in [5.41, 5.74) is 3.73. The van der Waals surface area contributed by atoms with Crippen LogP contribution < -0.4 is 0 Å². The third kappa shape index (κ3) is 1.96. The standard InChI is InChI=1S/C14H13BrOS/c15-13-8-17-7-12(13)14(16)11-6-5-9-3-1-2-4-10(9)11/h1-4,7-8,11,14,16H,5-6H2. The highest BCUT2D eigenvalue weighted by Gasteiger charge is 2.30. The Bertz CT molecular complexity index is 535. The molecule has 0 saturated carbocycles. The molecule has 0 bridgehead atoms. The maximum Gasteiger partial charge on any atom is 0.0877 e. The third-order valence-corrected chi connectivity index (χ3v) is 5.27. The van der Waals surface area contributed by atoms with E-state index in [-0.39, 0.29) is 12.0 Å². The van der Waals surface area contributed by atoms with Gasteiger partial charge in [-0.1, -0.05) is 24.3 Å². The van der Waals surface area contributed by atoms with E-state index in [4.69, 9.17) is 0 Å². The average molecular weight is 309 g/mol. The van der Waals surface area contributed by atoms with Crippen molar-refractivity contribution in [2.75, 3.05) is 0 Å². The van der Waals surface area contributed by atoms with Crippen LogP contribution in [-0.2, 0) is 6.42 Å². The number of fused-ring (bicyclic) bond motifs is 1. The molecule has 1 aliphatic rings. The SMILES string of the molecule is OC(c1cscc1Br)C1CCc2ccccc21. The third-order valence-electron chi connectivity index (χ3n) is 3.52. The van der Waals surface area contributed by atoms with Crippen molar-refractivity contribution in [3.05, 3.63) is 56.2 Å². The van der Waals surface area contributed by atoms with Gasteiger partial charge in [-0.15, -0.1) is 0 Å². The van der Waals surface area contributed by atoms with Crippen LogP contribution in [0.5, 0.6) is 0 Å². The fourth-order valence-electron chi connectivity index (χ4n) is 2.64. The zero-order valence-electron chi connectivity index (χ0n) is 9.27. The number of benzene rings is 1. The monoisotopic (exact) mass is 308 g/mol. The molecule has 0 radical (unpaired) electrons. The van der Waals surface area contributed by atoms with Gasteiger partial charge in [-0.3, -0.25) is 0 Å². The molecule has 1 aliphatic carbocycles. The van der Waals surface area contributed by atoms with Crippen molar-refractivity contribution in [2.45, 2.75) is 24.9 Å². The Hall–Kier alpha value is -0.640. The first-order valence-electron chi connectivity index (χ1n) is 5.75. The molecule has 2 aromatic rings. The molecule has 3 rings (SSSR count). The lowest BCUT2D eigenvalue weighted by Crippen LogP contribution is -2.07. The summed E-state index contributed by atoms with van der Waals surface area (Å²) in [5.74, 6) is 0.247. The van der Waals surface area contributed by atoms with E-state index in [1.165, 1.54) is 11.1 Å². The van der Waals surface area contributed by atoms with Crippen LogP contribution in [0.4, 0.5) is 0 Å². The Balaban J connectivity index is 1.95. The van der Waals surface area contributed by atoms with Gasteiger partial charge in [0.05, 0.1) is 6.10 Å². The van der Waals surface area contributed by atoms with Crippen molar-refractivity contribution in [2.24, 2.45) is 0 Å². The molecule has 0 spiro atoms. The second-order valence-corrected chi connectivity index (χ2v) is 6.06. The highest BCUT2D eigenvalue weighted by Crippen LogP contribution is 2.43. The van der Waals surface area contributed by atoms with Crippen molar-refractivity contribution in [3.8, 4) is 0 Å². The first-order chi connectivity index (χ1) is 8.27. The Morgan fingerprint density at radius 3 is 2.88 bits per heavy atom. The summed E-state index contributed by atoms with van der Waals surface area (Å²) in [6.07, 6.45) is 1.74. The zero-order valence-corrected chi connectivity index (χ0v) is 11.7. The normalized spacial score (nSPS) is 20.2. The maximum atomic E-state index is 10.5. The molecule has 0 fully saturated rings. The molecule has 1 nitrogen and oxygen atoms in total. The number of hydrogen-bond acceptors (Lipinski definition) is 2. The van der Waals surface area contributed by atoms with Gasteiger partial charge in [0.25, 0.3) is 0 Å². The van der Waals surface area contributed by atoms with Gasteiger partial charge in [-0.25, -0.2) is 0 Å². The zero-order chi connectivity index (χ0) is 11.8. The maximum absolute atomic E-state index is 10.5. The van der Waals surface area contributed by atoms with Gasteiger partial charge in [0.1, 0.15) is 0 Å². The van der Waals surface area contributed by atoms with E-state index in [0.717, 1.165) is 22.9 Å². The van der Waals surface area contributed by atoms with E-state index < -0.39 is 0 Å². The Labute approximate surface area is 113 Å². The van der Waals surface area contributed by atoms with E-state index in [1.807, 2.05) is 10.8 Å². The predicted molar refractivity (Wildman–Crippen MR) is 74.5 cm³/mol. The van der Waals surface area contributed by atoms with E-state index in [0.29, 0.717) is 0 Å². The van der Waals surface area contributed by atoms with E-state index >= 15 is 0 Å². The molecule has 1 heterocycles. The lowest BCUT2D eigenvalue weighted by Gasteiger charge is -2.19. The van der Waals surface area contributed by atoms with E-state index in [2.05, 4.69) is 40.2 Å².